The maximum Gasteiger partial charge on any atom is 0.410 e. The number of hydrogen-bond acceptors (Lipinski definition) is 4. The van der Waals surface area contributed by atoms with Gasteiger partial charge in [0.1, 0.15) is 5.60 Å². The highest BCUT2D eigenvalue weighted by Gasteiger charge is 2.38. The van der Waals surface area contributed by atoms with Gasteiger partial charge in [0.25, 0.3) is 0 Å². The third-order valence-electron chi connectivity index (χ3n) is 4.78. The van der Waals surface area contributed by atoms with Crippen LogP contribution in [0.15, 0.2) is 24.3 Å². The number of nitrogens with zero attached hydrogens (tertiary/aromatic N) is 2. The molecule has 1 unspecified atom stereocenters. The Morgan fingerprint density at radius 3 is 2.40 bits per heavy atom. The van der Waals surface area contributed by atoms with Gasteiger partial charge in [-0.3, -0.25) is 4.90 Å². The van der Waals surface area contributed by atoms with E-state index in [1.54, 1.807) is 4.90 Å². The molecule has 1 heterocycles. The van der Waals surface area contributed by atoms with Crippen LogP contribution in [0.5, 0.6) is 0 Å². The van der Waals surface area contributed by atoms with Crippen molar-refractivity contribution >= 4 is 6.09 Å². The second-order valence-electron chi connectivity index (χ2n) is 8.10. The Morgan fingerprint density at radius 2 is 1.88 bits per heavy atom. The number of benzene rings is 1. The molecule has 0 aliphatic carbocycles. The fraction of sp³-hybridized carbons (Fsp3) is 0.650. The lowest BCUT2D eigenvalue weighted by atomic mass is 10.00. The minimum atomic E-state index is -0.516. The zero-order valence-corrected chi connectivity index (χ0v) is 16.3. The van der Waals surface area contributed by atoms with Crippen molar-refractivity contribution < 1.29 is 14.6 Å². The van der Waals surface area contributed by atoms with Gasteiger partial charge < -0.3 is 14.7 Å². The molecular weight excluding hydrogens is 316 g/mol. The highest BCUT2D eigenvalue weighted by atomic mass is 16.6. The van der Waals surface area contributed by atoms with E-state index in [0.717, 1.165) is 0 Å². The maximum atomic E-state index is 12.5. The first kappa shape index (κ1) is 19.7. The average Bonchev–Trinajstić information content (AvgIpc) is 2.53. The minimum Gasteiger partial charge on any atom is -0.444 e. The van der Waals surface area contributed by atoms with Crippen molar-refractivity contribution in [1.29, 1.82) is 0 Å². The van der Waals surface area contributed by atoms with Crippen LogP contribution >= 0.6 is 0 Å². The monoisotopic (exact) mass is 348 g/mol. The number of aliphatic hydroxyl groups excluding tert-OH is 1. The van der Waals surface area contributed by atoms with Gasteiger partial charge in [-0.1, -0.05) is 29.8 Å². The summed E-state index contributed by atoms with van der Waals surface area (Å²) in [6.45, 7) is 13.1. The first-order valence-corrected chi connectivity index (χ1v) is 9.05. The molecule has 1 amide bonds. The molecule has 1 aromatic carbocycles. The highest BCUT2D eigenvalue weighted by Crippen LogP contribution is 2.28. The summed E-state index contributed by atoms with van der Waals surface area (Å²) < 4.78 is 5.52. The smallest absolute Gasteiger partial charge is 0.410 e. The van der Waals surface area contributed by atoms with Gasteiger partial charge in [-0.2, -0.15) is 0 Å². The predicted octanol–water partition coefficient (Wildman–Crippen LogP) is 3.36. The van der Waals surface area contributed by atoms with Crippen LogP contribution < -0.4 is 0 Å². The molecule has 0 saturated carbocycles. The zero-order valence-electron chi connectivity index (χ0n) is 16.3. The van der Waals surface area contributed by atoms with Crippen molar-refractivity contribution in [3.05, 3.63) is 35.4 Å². The summed E-state index contributed by atoms with van der Waals surface area (Å²) in [5.74, 6) is 0. The maximum absolute atomic E-state index is 12.5. The molecule has 1 saturated heterocycles. The molecule has 1 fully saturated rings. The number of rotatable bonds is 3. The fourth-order valence-electron chi connectivity index (χ4n) is 3.31. The third-order valence-corrected chi connectivity index (χ3v) is 4.78. The van der Waals surface area contributed by atoms with Crippen LogP contribution in [0, 0.1) is 6.92 Å². The van der Waals surface area contributed by atoms with E-state index in [2.05, 4.69) is 43.0 Å². The summed E-state index contributed by atoms with van der Waals surface area (Å²) >= 11 is 0. The first-order valence-electron chi connectivity index (χ1n) is 9.05. The van der Waals surface area contributed by atoms with Crippen LogP contribution in [0.4, 0.5) is 4.79 Å². The lowest BCUT2D eigenvalue weighted by Crippen LogP contribution is -2.60. The summed E-state index contributed by atoms with van der Waals surface area (Å²) in [5, 5.41) is 9.90. The topological polar surface area (TPSA) is 53.0 Å². The Kier molecular flexibility index (Phi) is 6.12. The lowest BCUT2D eigenvalue weighted by molar-refractivity contribution is -0.0325. The molecule has 3 atom stereocenters. The molecular formula is C20H32N2O3. The Labute approximate surface area is 151 Å². The summed E-state index contributed by atoms with van der Waals surface area (Å²) in [7, 11) is 0. The number of aliphatic hydroxyl groups is 1. The van der Waals surface area contributed by atoms with Crippen molar-refractivity contribution in [2.45, 2.75) is 65.3 Å². The molecule has 0 radical (unpaired) electrons. The van der Waals surface area contributed by atoms with Crippen LogP contribution in [-0.2, 0) is 4.74 Å². The van der Waals surface area contributed by atoms with E-state index in [0.29, 0.717) is 13.1 Å². The predicted molar refractivity (Wildman–Crippen MR) is 99.6 cm³/mol. The van der Waals surface area contributed by atoms with Gasteiger partial charge in [0.15, 0.2) is 0 Å². The van der Waals surface area contributed by atoms with E-state index < -0.39 is 5.60 Å². The van der Waals surface area contributed by atoms with E-state index in [-0.39, 0.29) is 30.8 Å². The number of piperazine rings is 1. The second-order valence-corrected chi connectivity index (χ2v) is 8.10. The fourth-order valence-corrected chi connectivity index (χ4v) is 3.31. The van der Waals surface area contributed by atoms with Crippen molar-refractivity contribution in [3.8, 4) is 0 Å². The van der Waals surface area contributed by atoms with Crippen LogP contribution in [0.3, 0.4) is 0 Å². The second kappa shape index (κ2) is 7.75. The molecule has 2 rings (SSSR count). The van der Waals surface area contributed by atoms with Crippen molar-refractivity contribution in [3.63, 3.8) is 0 Å². The van der Waals surface area contributed by atoms with Gasteiger partial charge in [0.2, 0.25) is 0 Å². The third kappa shape index (κ3) is 4.95. The summed E-state index contributed by atoms with van der Waals surface area (Å²) in [6.07, 6.45) is -0.305. The minimum absolute atomic E-state index is 0.0161. The molecule has 0 aromatic heterocycles. The van der Waals surface area contributed by atoms with Gasteiger partial charge >= 0.3 is 6.09 Å². The van der Waals surface area contributed by atoms with E-state index in [4.69, 9.17) is 4.74 Å². The Bertz CT molecular complexity index is 580. The SMILES string of the molecule is Cc1ccc(C(C)N2C[C@H](C)N(C(=O)OC(C)(C)C)C[C@H]2CO)cc1. The summed E-state index contributed by atoms with van der Waals surface area (Å²) in [6, 6.07) is 8.62. The van der Waals surface area contributed by atoms with E-state index in [1.807, 2.05) is 27.7 Å². The van der Waals surface area contributed by atoms with Gasteiger partial charge in [-0.05, 0) is 47.1 Å². The van der Waals surface area contributed by atoms with Gasteiger partial charge in [0.05, 0.1) is 12.6 Å². The quantitative estimate of drug-likeness (QED) is 0.910. The Hall–Kier alpha value is -1.59. The number of carbonyl (C=O) groups is 1. The van der Waals surface area contributed by atoms with E-state index >= 15 is 0 Å². The zero-order chi connectivity index (χ0) is 18.8. The number of aryl methyl sites for hydroxylation is 1. The molecule has 0 bridgehead atoms. The standard InChI is InChI=1S/C20H32N2O3/c1-14-7-9-17(10-8-14)16(3)22-11-15(2)21(12-18(22)13-23)19(24)25-20(4,5)6/h7-10,15-16,18,23H,11-13H2,1-6H3/t15-,16?,18-/m0/s1. The molecule has 5 heteroatoms. The largest absolute Gasteiger partial charge is 0.444 e. The number of hydrogen-bond donors (Lipinski definition) is 1. The molecule has 25 heavy (non-hydrogen) atoms. The van der Waals surface area contributed by atoms with Crippen molar-refractivity contribution in [1.82, 2.24) is 9.80 Å². The van der Waals surface area contributed by atoms with Crippen LogP contribution in [0.2, 0.25) is 0 Å². The number of carbonyl (C=O) groups excluding carboxylic acids is 1. The summed E-state index contributed by atoms with van der Waals surface area (Å²) in [4.78, 5) is 16.5. The summed E-state index contributed by atoms with van der Waals surface area (Å²) in [5.41, 5.74) is 1.94. The molecule has 0 spiro atoms. The van der Waals surface area contributed by atoms with E-state index in [9.17, 15) is 9.90 Å². The molecule has 1 aromatic rings. The first-order chi connectivity index (χ1) is 11.6. The van der Waals surface area contributed by atoms with Crippen LogP contribution in [-0.4, -0.2) is 58.4 Å². The van der Waals surface area contributed by atoms with E-state index in [1.165, 1.54) is 11.1 Å². The normalized spacial score (nSPS) is 23.4. The molecule has 1 aliphatic heterocycles. The van der Waals surface area contributed by atoms with Crippen LogP contribution in [0.25, 0.3) is 0 Å². The molecule has 5 nitrogen and oxygen atoms in total. The number of amides is 1. The van der Waals surface area contributed by atoms with Gasteiger partial charge in [-0.15, -0.1) is 0 Å². The van der Waals surface area contributed by atoms with Crippen molar-refractivity contribution in [2.24, 2.45) is 0 Å². The van der Waals surface area contributed by atoms with Crippen LogP contribution in [0.1, 0.15) is 51.8 Å². The molecule has 140 valence electrons. The van der Waals surface area contributed by atoms with Gasteiger partial charge in [-0.25, -0.2) is 4.79 Å². The van der Waals surface area contributed by atoms with Gasteiger partial charge in [0, 0.05) is 25.2 Å². The highest BCUT2D eigenvalue weighted by molar-refractivity contribution is 5.68. The lowest BCUT2D eigenvalue weighted by Gasteiger charge is -2.47. The van der Waals surface area contributed by atoms with Crippen molar-refractivity contribution in [2.75, 3.05) is 19.7 Å². The Balaban J connectivity index is 2.13. The molecule has 1 aliphatic rings. The number of ether oxygens (including phenoxy) is 1. The Morgan fingerprint density at radius 1 is 1.28 bits per heavy atom. The molecule has 1 N–H and O–H groups in total. The average molecular weight is 348 g/mol.